The van der Waals surface area contributed by atoms with Crippen LogP contribution in [-0.4, -0.2) is 9.97 Å². The van der Waals surface area contributed by atoms with Gasteiger partial charge < -0.3 is 0 Å². The first-order valence-electron chi connectivity index (χ1n) is 10.8. The molecule has 0 bridgehead atoms. The number of nitrogens with zero attached hydrogens (tertiary/aromatic N) is 2. The first-order valence-corrected chi connectivity index (χ1v) is 11.6. The fourth-order valence-electron chi connectivity index (χ4n) is 4.81. The number of fused-ring (bicyclic) bond motifs is 5. The highest BCUT2D eigenvalue weighted by molar-refractivity contribution is 7.99. The molecule has 0 atom stereocenters. The van der Waals surface area contributed by atoms with Crippen molar-refractivity contribution >= 4 is 44.2 Å². The van der Waals surface area contributed by atoms with Gasteiger partial charge in [0.1, 0.15) is 0 Å². The van der Waals surface area contributed by atoms with E-state index in [4.69, 9.17) is 9.97 Å². The second kappa shape index (κ2) is 6.54. The highest BCUT2D eigenvalue weighted by atomic mass is 32.2. The molecule has 0 amide bonds. The highest BCUT2D eigenvalue weighted by Crippen LogP contribution is 2.50. The lowest BCUT2D eigenvalue weighted by Crippen LogP contribution is -2.09. The molecule has 0 fully saturated rings. The Morgan fingerprint density at radius 1 is 0.871 bits per heavy atom. The second-order valence-corrected chi connectivity index (χ2v) is 10.9. The molecule has 3 heteroatoms. The Kier molecular flexibility index (Phi) is 3.97. The molecule has 31 heavy (non-hydrogen) atoms. The van der Waals surface area contributed by atoms with E-state index in [1.165, 1.54) is 47.8 Å². The van der Waals surface area contributed by atoms with Gasteiger partial charge >= 0.3 is 0 Å². The standard InChI is InChI=1S/C28H24N2S/c1-16-8-9-17-12-22-24(14-23(17)30-16)31-25-13-21-18(15-28(2,3)4)6-5-7-19(21)20-10-11-29-27(22)26(20)25/h5-14H,15H2,1-4H3. The summed E-state index contributed by atoms with van der Waals surface area (Å²) in [6.07, 6.45) is 3.02. The van der Waals surface area contributed by atoms with E-state index in [1.807, 2.05) is 24.9 Å². The van der Waals surface area contributed by atoms with Gasteiger partial charge in [0.25, 0.3) is 0 Å². The van der Waals surface area contributed by atoms with Gasteiger partial charge in [-0.05, 0) is 70.8 Å². The lowest BCUT2D eigenvalue weighted by atomic mass is 9.85. The van der Waals surface area contributed by atoms with Crippen LogP contribution < -0.4 is 0 Å². The van der Waals surface area contributed by atoms with Crippen molar-refractivity contribution in [2.24, 2.45) is 5.41 Å². The zero-order valence-electron chi connectivity index (χ0n) is 18.3. The maximum Gasteiger partial charge on any atom is 0.0803 e. The summed E-state index contributed by atoms with van der Waals surface area (Å²) in [5.41, 5.74) is 6.07. The molecule has 5 aromatic rings. The summed E-state index contributed by atoms with van der Waals surface area (Å²) >= 11 is 1.86. The Balaban J connectivity index is 1.67. The minimum Gasteiger partial charge on any atom is -0.256 e. The van der Waals surface area contributed by atoms with E-state index in [1.54, 1.807) is 0 Å². The zero-order valence-corrected chi connectivity index (χ0v) is 19.1. The van der Waals surface area contributed by atoms with Gasteiger partial charge in [-0.25, -0.2) is 0 Å². The van der Waals surface area contributed by atoms with Crippen LogP contribution in [0.1, 0.15) is 32.0 Å². The van der Waals surface area contributed by atoms with Crippen molar-refractivity contribution in [3.63, 3.8) is 0 Å². The molecule has 0 radical (unpaired) electrons. The van der Waals surface area contributed by atoms with Crippen LogP contribution in [0.15, 0.2) is 70.6 Å². The fourth-order valence-corrected chi connectivity index (χ4v) is 5.97. The van der Waals surface area contributed by atoms with E-state index in [2.05, 4.69) is 75.4 Å². The van der Waals surface area contributed by atoms with Crippen molar-refractivity contribution in [2.75, 3.05) is 0 Å². The van der Waals surface area contributed by atoms with E-state index in [0.29, 0.717) is 0 Å². The summed E-state index contributed by atoms with van der Waals surface area (Å²) in [7, 11) is 0. The van der Waals surface area contributed by atoms with Crippen LogP contribution in [0.2, 0.25) is 0 Å². The zero-order chi connectivity index (χ0) is 21.3. The second-order valence-electron chi connectivity index (χ2n) is 9.80. The Bertz CT molecular complexity index is 1530. The third-order valence-electron chi connectivity index (χ3n) is 6.08. The van der Waals surface area contributed by atoms with Crippen LogP contribution in [0, 0.1) is 12.3 Å². The third-order valence-corrected chi connectivity index (χ3v) is 7.18. The predicted molar refractivity (Wildman–Crippen MR) is 132 cm³/mol. The fraction of sp³-hybridized carbons (Fsp3) is 0.214. The molecule has 0 saturated carbocycles. The van der Waals surface area contributed by atoms with Gasteiger partial charge in [-0.3, -0.25) is 9.97 Å². The Morgan fingerprint density at radius 3 is 2.58 bits per heavy atom. The Morgan fingerprint density at radius 2 is 1.74 bits per heavy atom. The summed E-state index contributed by atoms with van der Waals surface area (Å²) in [4.78, 5) is 12.2. The average Bonchev–Trinajstić information content (AvgIpc) is 2.72. The summed E-state index contributed by atoms with van der Waals surface area (Å²) in [5.74, 6) is 0. The van der Waals surface area contributed by atoms with Crippen LogP contribution >= 0.6 is 11.8 Å². The number of pyridine rings is 2. The van der Waals surface area contributed by atoms with Gasteiger partial charge in [-0.1, -0.05) is 56.8 Å². The van der Waals surface area contributed by atoms with Crippen LogP contribution in [0.3, 0.4) is 0 Å². The SMILES string of the molecule is Cc1ccc2cc3c(cc2n1)Sc1cc2c(CC(C)(C)C)cccc2c2ccnc-3c12. The van der Waals surface area contributed by atoms with Crippen molar-refractivity contribution in [3.05, 3.63) is 72.1 Å². The van der Waals surface area contributed by atoms with E-state index < -0.39 is 0 Å². The molecule has 152 valence electrons. The minimum atomic E-state index is 0.242. The molecular formula is C28H24N2S. The maximum atomic E-state index is 4.86. The lowest BCUT2D eigenvalue weighted by Gasteiger charge is -2.23. The van der Waals surface area contributed by atoms with Gasteiger partial charge in [0.2, 0.25) is 0 Å². The van der Waals surface area contributed by atoms with Crippen molar-refractivity contribution in [1.29, 1.82) is 0 Å². The number of rotatable bonds is 1. The largest absolute Gasteiger partial charge is 0.256 e. The molecule has 6 rings (SSSR count). The Hall–Kier alpha value is -2.91. The quantitative estimate of drug-likeness (QED) is 0.252. The predicted octanol–water partition coefficient (Wildman–Crippen LogP) is 7.96. The molecule has 3 aromatic carbocycles. The number of aryl methyl sites for hydroxylation is 1. The summed E-state index contributed by atoms with van der Waals surface area (Å²) in [5, 5.41) is 6.43. The summed E-state index contributed by atoms with van der Waals surface area (Å²) in [6.45, 7) is 8.98. The van der Waals surface area contributed by atoms with E-state index in [0.717, 1.165) is 23.3 Å². The third kappa shape index (κ3) is 3.02. The monoisotopic (exact) mass is 420 g/mol. The van der Waals surface area contributed by atoms with Crippen molar-refractivity contribution in [3.8, 4) is 11.3 Å². The molecule has 2 aromatic heterocycles. The molecule has 0 aliphatic carbocycles. The summed E-state index contributed by atoms with van der Waals surface area (Å²) in [6, 6.07) is 20.1. The van der Waals surface area contributed by atoms with Crippen LogP contribution in [0.4, 0.5) is 0 Å². The molecule has 0 spiro atoms. The first-order chi connectivity index (χ1) is 14.9. The molecule has 1 aliphatic rings. The molecule has 0 unspecified atom stereocenters. The summed E-state index contributed by atoms with van der Waals surface area (Å²) < 4.78 is 0. The van der Waals surface area contributed by atoms with Crippen molar-refractivity contribution < 1.29 is 0 Å². The first kappa shape index (κ1) is 18.8. The maximum absolute atomic E-state index is 4.86. The molecular weight excluding hydrogens is 396 g/mol. The Labute approximate surface area is 186 Å². The smallest absolute Gasteiger partial charge is 0.0803 e. The van der Waals surface area contributed by atoms with Crippen molar-refractivity contribution in [1.82, 2.24) is 9.97 Å². The van der Waals surface area contributed by atoms with Gasteiger partial charge in [-0.2, -0.15) is 0 Å². The molecule has 2 nitrogen and oxygen atoms in total. The molecule has 3 heterocycles. The van der Waals surface area contributed by atoms with Gasteiger partial charge in [0.15, 0.2) is 0 Å². The van der Waals surface area contributed by atoms with E-state index in [9.17, 15) is 0 Å². The van der Waals surface area contributed by atoms with Crippen molar-refractivity contribution in [2.45, 2.75) is 43.9 Å². The van der Waals surface area contributed by atoms with Crippen LogP contribution in [0.5, 0.6) is 0 Å². The van der Waals surface area contributed by atoms with E-state index in [-0.39, 0.29) is 5.41 Å². The van der Waals surface area contributed by atoms with Crippen LogP contribution in [0.25, 0.3) is 43.7 Å². The number of hydrogen-bond acceptors (Lipinski definition) is 3. The van der Waals surface area contributed by atoms with Gasteiger partial charge in [-0.15, -0.1) is 0 Å². The minimum absolute atomic E-state index is 0.242. The topological polar surface area (TPSA) is 25.8 Å². The number of hydrogen-bond donors (Lipinski definition) is 0. The average molecular weight is 421 g/mol. The van der Waals surface area contributed by atoms with Crippen LogP contribution in [-0.2, 0) is 6.42 Å². The highest BCUT2D eigenvalue weighted by Gasteiger charge is 2.23. The lowest BCUT2D eigenvalue weighted by molar-refractivity contribution is 0.412. The molecule has 1 aliphatic heterocycles. The molecule has 0 N–H and O–H groups in total. The van der Waals surface area contributed by atoms with Gasteiger partial charge in [0, 0.05) is 38.0 Å². The molecule has 0 saturated heterocycles. The van der Waals surface area contributed by atoms with E-state index >= 15 is 0 Å². The number of benzene rings is 3. The number of aromatic nitrogens is 2. The normalized spacial score (nSPS) is 13.2. The van der Waals surface area contributed by atoms with Gasteiger partial charge in [0.05, 0.1) is 11.2 Å².